The van der Waals surface area contributed by atoms with E-state index in [0.717, 1.165) is 0 Å². The van der Waals surface area contributed by atoms with Crippen LogP contribution in [0.25, 0.3) is 0 Å². The Morgan fingerprint density at radius 3 is 1.70 bits per heavy atom. The van der Waals surface area contributed by atoms with Crippen molar-refractivity contribution in [3.8, 4) is 0 Å². The zero-order valence-corrected chi connectivity index (χ0v) is 14.5. The lowest BCUT2D eigenvalue weighted by Gasteiger charge is -2.29. The Kier molecular flexibility index (Phi) is 14.1. The van der Waals surface area contributed by atoms with E-state index in [-0.39, 0.29) is 6.54 Å². The van der Waals surface area contributed by atoms with Crippen molar-refractivity contribution in [2.24, 2.45) is 10.7 Å². The van der Waals surface area contributed by atoms with E-state index in [1.807, 2.05) is 0 Å². The Morgan fingerprint density at radius 2 is 1.26 bits per heavy atom. The van der Waals surface area contributed by atoms with Gasteiger partial charge < -0.3 is 34.5 Å². The van der Waals surface area contributed by atoms with Crippen molar-refractivity contribution >= 4 is 6.08 Å². The Bertz CT molecular complexity index is 294. The molecule has 0 saturated heterocycles. The van der Waals surface area contributed by atoms with Crippen LogP contribution in [0.1, 0.15) is 20.8 Å². The van der Waals surface area contributed by atoms with E-state index in [9.17, 15) is 5.11 Å². The van der Waals surface area contributed by atoms with Gasteiger partial charge in [0.15, 0.2) is 0 Å². The highest BCUT2D eigenvalue weighted by atomic mass is 16.6. The average Bonchev–Trinajstić information content (AvgIpc) is 2.46. The summed E-state index contributed by atoms with van der Waals surface area (Å²) in [5, 5.41) is 11.3. The second-order valence-corrected chi connectivity index (χ2v) is 5.60. The molecule has 0 spiro atoms. The molecule has 138 valence electrons. The zero-order valence-electron chi connectivity index (χ0n) is 14.5. The summed E-state index contributed by atoms with van der Waals surface area (Å²) in [6.45, 7) is 10.1. The molecular weight excluding hydrogens is 304 g/mol. The SMILES string of the molecule is CC(C)(C)OC([O-])=NCCOCCOCCOCCOCCN. The minimum atomic E-state index is -0.565. The first-order valence-corrected chi connectivity index (χ1v) is 7.87. The molecule has 0 amide bonds. The molecule has 0 aliphatic carbocycles. The second kappa shape index (κ2) is 14.6. The lowest BCUT2D eigenvalue weighted by molar-refractivity contribution is -0.260. The van der Waals surface area contributed by atoms with Gasteiger partial charge in [-0.15, -0.1) is 0 Å². The molecule has 0 bridgehead atoms. The van der Waals surface area contributed by atoms with Gasteiger partial charge in [0, 0.05) is 12.1 Å². The number of nitrogens with zero attached hydrogens (tertiary/aromatic N) is 1. The monoisotopic (exact) mass is 335 g/mol. The zero-order chi connectivity index (χ0) is 17.4. The number of rotatable bonds is 14. The van der Waals surface area contributed by atoms with E-state index < -0.39 is 11.7 Å². The number of nitrogens with two attached hydrogens (primary N) is 1. The maximum absolute atomic E-state index is 11.3. The van der Waals surface area contributed by atoms with E-state index in [4.69, 9.17) is 29.4 Å². The van der Waals surface area contributed by atoms with Crippen molar-refractivity contribution in [2.75, 3.05) is 65.9 Å². The molecular formula is C15H31N2O6-. The van der Waals surface area contributed by atoms with E-state index in [1.165, 1.54) is 0 Å². The van der Waals surface area contributed by atoms with Crippen molar-refractivity contribution < 1.29 is 28.8 Å². The molecule has 0 aromatic rings. The first kappa shape index (κ1) is 22.1. The molecule has 0 aliphatic rings. The van der Waals surface area contributed by atoms with Gasteiger partial charge >= 0.3 is 0 Å². The van der Waals surface area contributed by atoms with Crippen molar-refractivity contribution in [1.82, 2.24) is 0 Å². The molecule has 0 rings (SSSR count). The molecule has 0 radical (unpaired) electrons. The molecule has 0 unspecified atom stereocenters. The lowest BCUT2D eigenvalue weighted by Crippen LogP contribution is -2.32. The van der Waals surface area contributed by atoms with Crippen LogP contribution in [0.5, 0.6) is 0 Å². The standard InChI is InChI=1S/C15H32N2O6/c1-15(2,3)23-14(18)17-5-7-20-9-11-22-13-12-21-10-8-19-6-4-16/h4-13,16H2,1-3H3,(H,17,18)/p-1. The quantitative estimate of drug-likeness (QED) is 0.260. The summed E-state index contributed by atoms with van der Waals surface area (Å²) in [6.07, 6.45) is -0.565. The third-order valence-corrected chi connectivity index (χ3v) is 2.25. The van der Waals surface area contributed by atoms with Crippen LogP contribution in [-0.2, 0) is 23.7 Å². The van der Waals surface area contributed by atoms with Gasteiger partial charge in [-0.05, 0) is 0 Å². The molecule has 2 N–H and O–H groups in total. The van der Waals surface area contributed by atoms with Crippen LogP contribution in [0.4, 0.5) is 0 Å². The van der Waals surface area contributed by atoms with Gasteiger partial charge in [-0.3, -0.25) is 4.99 Å². The number of ether oxygens (including phenoxy) is 5. The highest BCUT2D eigenvalue weighted by Gasteiger charge is 2.03. The first-order chi connectivity index (χ1) is 11.0. The van der Waals surface area contributed by atoms with E-state index in [1.54, 1.807) is 20.8 Å². The summed E-state index contributed by atoms with van der Waals surface area (Å²) in [4.78, 5) is 3.73. The largest absolute Gasteiger partial charge is 0.595 e. The summed E-state index contributed by atoms with van der Waals surface area (Å²) in [7, 11) is 0. The van der Waals surface area contributed by atoms with Crippen molar-refractivity contribution in [2.45, 2.75) is 26.4 Å². The van der Waals surface area contributed by atoms with Crippen LogP contribution in [0.15, 0.2) is 4.99 Å². The second-order valence-electron chi connectivity index (χ2n) is 5.60. The van der Waals surface area contributed by atoms with Crippen LogP contribution < -0.4 is 10.8 Å². The van der Waals surface area contributed by atoms with Gasteiger partial charge in [-0.25, -0.2) is 0 Å². The predicted octanol–water partition coefficient (Wildman–Crippen LogP) is -0.457. The molecule has 0 saturated carbocycles. The highest BCUT2D eigenvalue weighted by molar-refractivity contribution is 5.62. The molecule has 0 aromatic heterocycles. The van der Waals surface area contributed by atoms with E-state index in [0.29, 0.717) is 59.4 Å². The van der Waals surface area contributed by atoms with Crippen LogP contribution in [0, 0.1) is 0 Å². The molecule has 0 fully saturated rings. The van der Waals surface area contributed by atoms with E-state index >= 15 is 0 Å². The van der Waals surface area contributed by atoms with Crippen LogP contribution in [0.2, 0.25) is 0 Å². The molecule has 0 aromatic carbocycles. The number of aliphatic imine (C=N–C) groups is 1. The molecule has 0 atom stereocenters. The van der Waals surface area contributed by atoms with Crippen LogP contribution in [-0.4, -0.2) is 77.6 Å². The number of hydrogen-bond donors (Lipinski definition) is 1. The van der Waals surface area contributed by atoms with Crippen molar-refractivity contribution in [3.05, 3.63) is 0 Å². The van der Waals surface area contributed by atoms with Gasteiger partial charge in [0.2, 0.25) is 0 Å². The average molecular weight is 335 g/mol. The lowest BCUT2D eigenvalue weighted by atomic mass is 10.2. The summed E-state index contributed by atoms with van der Waals surface area (Å²) in [5.74, 6) is 0. The van der Waals surface area contributed by atoms with Crippen LogP contribution >= 0.6 is 0 Å². The Labute approximate surface area is 138 Å². The number of hydrogen-bond acceptors (Lipinski definition) is 8. The highest BCUT2D eigenvalue weighted by Crippen LogP contribution is 2.05. The Balaban J connectivity index is 3.23. The third-order valence-electron chi connectivity index (χ3n) is 2.25. The van der Waals surface area contributed by atoms with Crippen molar-refractivity contribution in [3.63, 3.8) is 0 Å². The summed E-state index contributed by atoms with van der Waals surface area (Å²) in [5.41, 5.74) is 4.76. The summed E-state index contributed by atoms with van der Waals surface area (Å²) >= 11 is 0. The normalized spacial score (nSPS) is 12.6. The minimum Gasteiger partial charge on any atom is -0.595 e. The van der Waals surface area contributed by atoms with Crippen LogP contribution in [0.3, 0.4) is 0 Å². The molecule has 8 nitrogen and oxygen atoms in total. The van der Waals surface area contributed by atoms with Crippen molar-refractivity contribution in [1.29, 1.82) is 0 Å². The topological polar surface area (TPSA) is 108 Å². The summed E-state index contributed by atoms with van der Waals surface area (Å²) in [6, 6.07) is 0. The summed E-state index contributed by atoms with van der Waals surface area (Å²) < 4.78 is 26.1. The fourth-order valence-corrected chi connectivity index (χ4v) is 1.34. The van der Waals surface area contributed by atoms with Gasteiger partial charge in [0.05, 0.1) is 59.4 Å². The molecule has 8 heteroatoms. The molecule has 0 aliphatic heterocycles. The third kappa shape index (κ3) is 19.0. The maximum Gasteiger partial charge on any atom is 0.145 e. The predicted molar refractivity (Wildman–Crippen MR) is 85.5 cm³/mol. The van der Waals surface area contributed by atoms with Gasteiger partial charge in [-0.2, -0.15) is 0 Å². The first-order valence-electron chi connectivity index (χ1n) is 7.87. The fourth-order valence-electron chi connectivity index (χ4n) is 1.34. The molecule has 23 heavy (non-hydrogen) atoms. The Morgan fingerprint density at radius 1 is 0.826 bits per heavy atom. The van der Waals surface area contributed by atoms with E-state index in [2.05, 4.69) is 4.99 Å². The minimum absolute atomic E-state index is 0.279. The fraction of sp³-hybridized carbons (Fsp3) is 0.933. The smallest absolute Gasteiger partial charge is 0.145 e. The Hall–Kier alpha value is -0.930. The van der Waals surface area contributed by atoms with Gasteiger partial charge in [-0.1, -0.05) is 20.8 Å². The molecule has 0 heterocycles. The maximum atomic E-state index is 11.3. The van der Waals surface area contributed by atoms with Gasteiger partial charge in [0.25, 0.3) is 0 Å². The van der Waals surface area contributed by atoms with Gasteiger partial charge in [0.1, 0.15) is 6.08 Å².